The zero-order chi connectivity index (χ0) is 15.5. The minimum Gasteiger partial charge on any atom is -0.355 e. The fourth-order valence-corrected chi connectivity index (χ4v) is 2.74. The Hall–Kier alpha value is -2.43. The minimum atomic E-state index is -0.224. The van der Waals surface area contributed by atoms with Crippen molar-refractivity contribution in [3.8, 4) is 0 Å². The maximum Gasteiger partial charge on any atom is 0.275 e. The van der Waals surface area contributed by atoms with Gasteiger partial charge in [0.15, 0.2) is 0 Å². The summed E-state index contributed by atoms with van der Waals surface area (Å²) in [5.74, 6) is 0.624. The molecule has 0 saturated carbocycles. The van der Waals surface area contributed by atoms with Crippen LogP contribution in [0.5, 0.6) is 0 Å². The van der Waals surface area contributed by atoms with E-state index < -0.39 is 0 Å². The van der Waals surface area contributed by atoms with Gasteiger partial charge in [-0.05, 0) is 37.8 Å². The fourth-order valence-electron chi connectivity index (χ4n) is 2.74. The van der Waals surface area contributed by atoms with Crippen LogP contribution in [0, 0.1) is 13.8 Å². The van der Waals surface area contributed by atoms with Crippen LogP contribution >= 0.6 is 0 Å². The number of carbonyl (C=O) groups excluding carboxylic acids is 1. The number of hydrogen-bond acceptors (Lipinski definition) is 4. The van der Waals surface area contributed by atoms with Crippen molar-refractivity contribution < 1.29 is 4.79 Å². The highest BCUT2D eigenvalue weighted by atomic mass is 16.1. The molecule has 1 saturated heterocycles. The van der Waals surface area contributed by atoms with Gasteiger partial charge in [0.1, 0.15) is 11.5 Å². The van der Waals surface area contributed by atoms with Crippen molar-refractivity contribution >= 4 is 17.4 Å². The summed E-state index contributed by atoms with van der Waals surface area (Å²) in [7, 11) is 0. The van der Waals surface area contributed by atoms with E-state index in [1.807, 2.05) is 32.0 Å². The highest BCUT2D eigenvalue weighted by Crippen LogP contribution is 2.20. The molecule has 0 bridgehead atoms. The average Bonchev–Trinajstić information content (AvgIpc) is 3.05. The number of nitrogens with one attached hydrogen (secondary N) is 1. The maximum atomic E-state index is 12.3. The highest BCUT2D eigenvalue weighted by molar-refractivity contribution is 6.03. The van der Waals surface area contributed by atoms with Crippen molar-refractivity contribution in [1.82, 2.24) is 9.97 Å². The van der Waals surface area contributed by atoms with Crippen LogP contribution in [0.25, 0.3) is 0 Å². The number of nitrogens with zero attached hydrogens (tertiary/aromatic N) is 3. The molecule has 1 fully saturated rings. The number of benzene rings is 1. The third-order valence-electron chi connectivity index (χ3n) is 4.02. The summed E-state index contributed by atoms with van der Waals surface area (Å²) in [6.45, 7) is 5.99. The summed E-state index contributed by atoms with van der Waals surface area (Å²) >= 11 is 0. The lowest BCUT2D eigenvalue weighted by Crippen LogP contribution is -2.20. The Bertz CT molecular complexity index is 655. The number of para-hydroxylation sites is 1. The van der Waals surface area contributed by atoms with Crippen LogP contribution in [0.3, 0.4) is 0 Å². The Morgan fingerprint density at radius 1 is 1.09 bits per heavy atom. The van der Waals surface area contributed by atoms with Crippen LogP contribution in [0.15, 0.2) is 30.6 Å². The number of rotatable bonds is 3. The molecular formula is C17H20N4O. The van der Waals surface area contributed by atoms with E-state index in [2.05, 4.69) is 20.2 Å². The third-order valence-corrected chi connectivity index (χ3v) is 4.02. The SMILES string of the molecule is Cc1cccc(C)c1NC(=O)c1cnc(N2CCCC2)cn1. The van der Waals surface area contributed by atoms with Gasteiger partial charge in [0.05, 0.1) is 12.4 Å². The van der Waals surface area contributed by atoms with Crippen LogP contribution in [0.1, 0.15) is 34.5 Å². The van der Waals surface area contributed by atoms with Crippen molar-refractivity contribution in [3.05, 3.63) is 47.4 Å². The molecule has 1 aromatic heterocycles. The molecule has 2 aromatic rings. The van der Waals surface area contributed by atoms with E-state index in [4.69, 9.17) is 0 Å². The largest absolute Gasteiger partial charge is 0.355 e. The van der Waals surface area contributed by atoms with Crippen molar-refractivity contribution in [1.29, 1.82) is 0 Å². The van der Waals surface area contributed by atoms with Gasteiger partial charge in [0.25, 0.3) is 5.91 Å². The van der Waals surface area contributed by atoms with E-state index in [1.54, 1.807) is 12.4 Å². The summed E-state index contributed by atoms with van der Waals surface area (Å²) in [4.78, 5) is 23.2. The second-order valence-corrected chi connectivity index (χ2v) is 5.67. The topological polar surface area (TPSA) is 58.1 Å². The molecule has 0 spiro atoms. The van der Waals surface area contributed by atoms with Gasteiger partial charge in [0, 0.05) is 18.8 Å². The molecule has 22 heavy (non-hydrogen) atoms. The van der Waals surface area contributed by atoms with Gasteiger partial charge in [0.2, 0.25) is 0 Å². The summed E-state index contributed by atoms with van der Waals surface area (Å²) in [5.41, 5.74) is 3.26. The first-order valence-corrected chi connectivity index (χ1v) is 7.60. The monoisotopic (exact) mass is 296 g/mol. The number of amides is 1. The Morgan fingerprint density at radius 3 is 2.36 bits per heavy atom. The number of carbonyl (C=O) groups is 1. The lowest BCUT2D eigenvalue weighted by atomic mass is 10.1. The van der Waals surface area contributed by atoms with E-state index in [9.17, 15) is 4.79 Å². The maximum absolute atomic E-state index is 12.3. The van der Waals surface area contributed by atoms with Crippen molar-refractivity contribution in [2.24, 2.45) is 0 Å². The second-order valence-electron chi connectivity index (χ2n) is 5.67. The van der Waals surface area contributed by atoms with E-state index >= 15 is 0 Å². The third kappa shape index (κ3) is 2.93. The van der Waals surface area contributed by atoms with E-state index in [0.717, 1.165) is 35.7 Å². The lowest BCUT2D eigenvalue weighted by molar-refractivity contribution is 0.102. The average molecular weight is 296 g/mol. The van der Waals surface area contributed by atoms with Crippen LogP contribution < -0.4 is 10.2 Å². The smallest absolute Gasteiger partial charge is 0.275 e. The summed E-state index contributed by atoms with van der Waals surface area (Å²) < 4.78 is 0. The van der Waals surface area contributed by atoms with Gasteiger partial charge >= 0.3 is 0 Å². The Balaban J connectivity index is 1.75. The summed E-state index contributed by atoms with van der Waals surface area (Å²) in [5, 5.41) is 2.93. The molecular weight excluding hydrogens is 276 g/mol. The van der Waals surface area contributed by atoms with Crippen molar-refractivity contribution in [2.75, 3.05) is 23.3 Å². The van der Waals surface area contributed by atoms with Crippen LogP contribution in [-0.2, 0) is 0 Å². The number of aryl methyl sites for hydroxylation is 2. The number of aromatic nitrogens is 2. The molecule has 1 aromatic carbocycles. The van der Waals surface area contributed by atoms with Gasteiger partial charge in [-0.15, -0.1) is 0 Å². The molecule has 114 valence electrons. The van der Waals surface area contributed by atoms with Gasteiger partial charge < -0.3 is 10.2 Å². The van der Waals surface area contributed by atoms with Crippen LogP contribution in [0.2, 0.25) is 0 Å². The Kier molecular flexibility index (Phi) is 4.04. The van der Waals surface area contributed by atoms with E-state index in [1.165, 1.54) is 12.8 Å². The highest BCUT2D eigenvalue weighted by Gasteiger charge is 2.16. The van der Waals surface area contributed by atoms with Crippen LogP contribution in [-0.4, -0.2) is 29.0 Å². The van der Waals surface area contributed by atoms with Gasteiger partial charge in [-0.25, -0.2) is 9.97 Å². The predicted octanol–water partition coefficient (Wildman–Crippen LogP) is 2.95. The molecule has 0 unspecified atom stereocenters. The standard InChI is InChI=1S/C17H20N4O/c1-12-6-5-7-13(2)16(12)20-17(22)14-10-19-15(11-18-14)21-8-3-4-9-21/h5-7,10-11H,3-4,8-9H2,1-2H3,(H,20,22). The number of hydrogen-bond donors (Lipinski definition) is 1. The minimum absolute atomic E-state index is 0.224. The van der Waals surface area contributed by atoms with Gasteiger partial charge in [-0.3, -0.25) is 4.79 Å². The van der Waals surface area contributed by atoms with E-state index in [-0.39, 0.29) is 5.91 Å². The van der Waals surface area contributed by atoms with Gasteiger partial charge in [-0.1, -0.05) is 18.2 Å². The zero-order valence-corrected chi connectivity index (χ0v) is 13.0. The van der Waals surface area contributed by atoms with Crippen molar-refractivity contribution in [3.63, 3.8) is 0 Å². The number of anilines is 2. The Labute approximate surface area is 130 Å². The summed E-state index contributed by atoms with van der Waals surface area (Å²) in [6.07, 6.45) is 5.62. The van der Waals surface area contributed by atoms with Crippen LogP contribution in [0.4, 0.5) is 11.5 Å². The fraction of sp³-hybridized carbons (Fsp3) is 0.353. The summed E-state index contributed by atoms with van der Waals surface area (Å²) in [6, 6.07) is 5.93. The molecule has 5 nitrogen and oxygen atoms in total. The van der Waals surface area contributed by atoms with Crippen molar-refractivity contribution in [2.45, 2.75) is 26.7 Å². The van der Waals surface area contributed by atoms with Gasteiger partial charge in [-0.2, -0.15) is 0 Å². The molecule has 1 amide bonds. The molecule has 1 aliphatic heterocycles. The molecule has 5 heteroatoms. The molecule has 0 atom stereocenters. The molecule has 1 N–H and O–H groups in total. The van der Waals surface area contributed by atoms with E-state index in [0.29, 0.717) is 5.69 Å². The molecule has 0 radical (unpaired) electrons. The normalized spacial score (nSPS) is 14.2. The first kappa shape index (κ1) is 14.5. The second kappa shape index (κ2) is 6.13. The first-order valence-electron chi connectivity index (χ1n) is 7.60. The lowest BCUT2D eigenvalue weighted by Gasteiger charge is -2.15. The predicted molar refractivity (Wildman–Crippen MR) is 87.3 cm³/mol. The quantitative estimate of drug-likeness (QED) is 0.946. The molecule has 3 rings (SSSR count). The Morgan fingerprint density at radius 2 is 1.77 bits per heavy atom. The molecule has 1 aliphatic rings. The molecule has 2 heterocycles. The molecule has 0 aliphatic carbocycles. The zero-order valence-electron chi connectivity index (χ0n) is 13.0. The first-order chi connectivity index (χ1) is 10.6.